The Balaban J connectivity index is 1.86. The highest BCUT2D eigenvalue weighted by molar-refractivity contribution is 5.94. The fourth-order valence-corrected chi connectivity index (χ4v) is 2.72. The molecule has 0 radical (unpaired) electrons. The second kappa shape index (κ2) is 8.53. The van der Waals surface area contributed by atoms with E-state index in [0.717, 1.165) is 0 Å². The van der Waals surface area contributed by atoms with Gasteiger partial charge in [0.2, 0.25) is 0 Å². The molecule has 0 saturated heterocycles. The van der Waals surface area contributed by atoms with Crippen molar-refractivity contribution in [2.75, 3.05) is 20.3 Å². The molecule has 23 heavy (non-hydrogen) atoms. The van der Waals surface area contributed by atoms with Gasteiger partial charge in [-0.1, -0.05) is 6.07 Å². The number of benzene rings is 1. The maximum atomic E-state index is 12.3. The number of carbonyl (C=O) groups is 2. The predicted molar refractivity (Wildman–Crippen MR) is 84.7 cm³/mol. The lowest BCUT2D eigenvalue weighted by atomic mass is 9.86. The highest BCUT2D eigenvalue weighted by atomic mass is 16.5. The van der Waals surface area contributed by atoms with E-state index in [4.69, 9.17) is 14.6 Å². The zero-order valence-electron chi connectivity index (χ0n) is 13.3. The minimum Gasteiger partial charge on any atom is -0.491 e. The molecule has 0 aliphatic heterocycles. The number of hydrogen-bond acceptors (Lipinski definition) is 4. The largest absolute Gasteiger partial charge is 0.491 e. The number of aliphatic carboxylic acids is 1. The molecule has 6 heteroatoms. The Morgan fingerprint density at radius 3 is 2.61 bits per heavy atom. The van der Waals surface area contributed by atoms with Gasteiger partial charge < -0.3 is 19.9 Å². The summed E-state index contributed by atoms with van der Waals surface area (Å²) >= 11 is 0. The first-order chi connectivity index (χ1) is 11.1. The summed E-state index contributed by atoms with van der Waals surface area (Å²) in [6.45, 7) is 0.921. The molecule has 126 valence electrons. The van der Waals surface area contributed by atoms with E-state index in [1.54, 1.807) is 31.4 Å². The van der Waals surface area contributed by atoms with Gasteiger partial charge >= 0.3 is 5.97 Å². The van der Waals surface area contributed by atoms with Gasteiger partial charge in [-0.3, -0.25) is 9.59 Å². The molecule has 1 aliphatic carbocycles. The second-order valence-corrected chi connectivity index (χ2v) is 5.73. The minimum absolute atomic E-state index is 0.0381. The molecule has 1 aliphatic rings. The molecule has 0 spiro atoms. The second-order valence-electron chi connectivity index (χ2n) is 5.73. The van der Waals surface area contributed by atoms with Crippen molar-refractivity contribution in [2.45, 2.75) is 31.7 Å². The molecule has 1 amide bonds. The van der Waals surface area contributed by atoms with Gasteiger partial charge in [-0.15, -0.1) is 0 Å². The summed E-state index contributed by atoms with van der Waals surface area (Å²) in [5, 5.41) is 12.0. The van der Waals surface area contributed by atoms with Crippen LogP contribution in [0.25, 0.3) is 0 Å². The molecule has 0 aromatic heterocycles. The molecule has 6 nitrogen and oxygen atoms in total. The van der Waals surface area contributed by atoms with Crippen molar-refractivity contribution in [1.29, 1.82) is 0 Å². The van der Waals surface area contributed by atoms with Crippen molar-refractivity contribution in [3.63, 3.8) is 0 Å². The third-order valence-electron chi connectivity index (χ3n) is 4.06. The Kier molecular flexibility index (Phi) is 6.40. The first-order valence-electron chi connectivity index (χ1n) is 7.85. The summed E-state index contributed by atoms with van der Waals surface area (Å²) in [6.07, 6.45) is 2.63. The first kappa shape index (κ1) is 17.3. The smallest absolute Gasteiger partial charge is 0.306 e. The standard InChI is InChI=1S/C17H23NO5/c1-22-9-10-23-15-4-2-3-13(11-15)16(19)18-14-7-5-12(6-8-14)17(20)21/h2-4,11-12,14H,5-10H2,1H3,(H,18,19)(H,20,21). The van der Waals surface area contributed by atoms with E-state index in [9.17, 15) is 9.59 Å². The Hall–Kier alpha value is -2.08. The molecule has 0 unspecified atom stereocenters. The molecule has 2 N–H and O–H groups in total. The van der Waals surface area contributed by atoms with E-state index < -0.39 is 5.97 Å². The molecular formula is C17H23NO5. The molecule has 1 saturated carbocycles. The van der Waals surface area contributed by atoms with Gasteiger partial charge in [-0.25, -0.2) is 0 Å². The van der Waals surface area contributed by atoms with Crippen LogP contribution in [0.2, 0.25) is 0 Å². The van der Waals surface area contributed by atoms with E-state index in [2.05, 4.69) is 5.32 Å². The van der Waals surface area contributed by atoms with Crippen molar-refractivity contribution < 1.29 is 24.2 Å². The lowest BCUT2D eigenvalue weighted by Gasteiger charge is -2.26. The van der Waals surface area contributed by atoms with Crippen molar-refractivity contribution in [1.82, 2.24) is 5.32 Å². The maximum Gasteiger partial charge on any atom is 0.306 e. The summed E-state index contributed by atoms with van der Waals surface area (Å²) in [5.41, 5.74) is 0.542. The Morgan fingerprint density at radius 1 is 1.22 bits per heavy atom. The molecule has 1 aromatic carbocycles. The first-order valence-corrected chi connectivity index (χ1v) is 7.85. The van der Waals surface area contributed by atoms with Gasteiger partial charge in [-0.05, 0) is 43.9 Å². The van der Waals surface area contributed by atoms with Crippen LogP contribution in [-0.4, -0.2) is 43.3 Å². The Bertz CT molecular complexity index is 538. The number of amides is 1. The summed E-state index contributed by atoms with van der Waals surface area (Å²) in [4.78, 5) is 23.2. The van der Waals surface area contributed by atoms with Crippen LogP contribution in [0.1, 0.15) is 36.0 Å². The Morgan fingerprint density at radius 2 is 1.96 bits per heavy atom. The number of ether oxygens (including phenoxy) is 2. The highest BCUT2D eigenvalue weighted by Gasteiger charge is 2.26. The molecule has 1 fully saturated rings. The number of nitrogens with one attached hydrogen (secondary N) is 1. The van der Waals surface area contributed by atoms with Crippen LogP contribution in [0.15, 0.2) is 24.3 Å². The van der Waals surface area contributed by atoms with Gasteiger partial charge in [0, 0.05) is 18.7 Å². The number of hydrogen-bond donors (Lipinski definition) is 2. The van der Waals surface area contributed by atoms with E-state index in [1.165, 1.54) is 0 Å². The van der Waals surface area contributed by atoms with Crippen LogP contribution in [0, 0.1) is 5.92 Å². The van der Waals surface area contributed by atoms with Gasteiger partial charge in [0.15, 0.2) is 0 Å². The van der Waals surface area contributed by atoms with Gasteiger partial charge in [0.25, 0.3) is 5.91 Å². The number of carboxylic acid groups (broad SMARTS) is 1. The zero-order chi connectivity index (χ0) is 16.7. The lowest BCUT2D eigenvalue weighted by Crippen LogP contribution is -2.38. The van der Waals surface area contributed by atoms with E-state index in [-0.39, 0.29) is 17.9 Å². The van der Waals surface area contributed by atoms with Gasteiger partial charge in [-0.2, -0.15) is 0 Å². The van der Waals surface area contributed by atoms with Crippen molar-refractivity contribution in [3.8, 4) is 5.75 Å². The Labute approximate surface area is 135 Å². The number of methoxy groups -OCH3 is 1. The summed E-state index contributed by atoms with van der Waals surface area (Å²) in [7, 11) is 1.60. The molecule has 0 heterocycles. The van der Waals surface area contributed by atoms with Crippen LogP contribution in [0.3, 0.4) is 0 Å². The number of carbonyl (C=O) groups excluding carboxylic acids is 1. The summed E-state index contributed by atoms with van der Waals surface area (Å²) in [6, 6.07) is 7.05. The molecule has 0 bridgehead atoms. The van der Waals surface area contributed by atoms with Crippen molar-refractivity contribution in [3.05, 3.63) is 29.8 Å². The van der Waals surface area contributed by atoms with Crippen molar-refractivity contribution in [2.24, 2.45) is 5.92 Å². The van der Waals surface area contributed by atoms with Crippen LogP contribution in [0.5, 0.6) is 5.75 Å². The average Bonchev–Trinajstić information content (AvgIpc) is 2.56. The average molecular weight is 321 g/mol. The fraction of sp³-hybridized carbons (Fsp3) is 0.529. The predicted octanol–water partition coefficient (Wildman–Crippen LogP) is 2.08. The lowest BCUT2D eigenvalue weighted by molar-refractivity contribution is -0.142. The molecular weight excluding hydrogens is 298 g/mol. The summed E-state index contributed by atoms with van der Waals surface area (Å²) in [5.74, 6) is -0.540. The maximum absolute atomic E-state index is 12.3. The molecule has 0 atom stereocenters. The quantitative estimate of drug-likeness (QED) is 0.751. The monoisotopic (exact) mass is 321 g/mol. The number of carboxylic acids is 1. The number of rotatable bonds is 7. The zero-order valence-corrected chi connectivity index (χ0v) is 13.3. The van der Waals surface area contributed by atoms with Crippen LogP contribution in [-0.2, 0) is 9.53 Å². The van der Waals surface area contributed by atoms with Gasteiger partial charge in [0.1, 0.15) is 12.4 Å². The van der Waals surface area contributed by atoms with E-state index in [0.29, 0.717) is 50.2 Å². The summed E-state index contributed by atoms with van der Waals surface area (Å²) < 4.78 is 10.4. The van der Waals surface area contributed by atoms with Crippen LogP contribution < -0.4 is 10.1 Å². The highest BCUT2D eigenvalue weighted by Crippen LogP contribution is 2.24. The van der Waals surface area contributed by atoms with Crippen LogP contribution in [0.4, 0.5) is 0 Å². The normalized spacial score (nSPS) is 20.7. The SMILES string of the molecule is COCCOc1cccc(C(=O)NC2CCC(C(=O)O)CC2)c1. The van der Waals surface area contributed by atoms with Crippen molar-refractivity contribution >= 4 is 11.9 Å². The van der Waals surface area contributed by atoms with Gasteiger partial charge in [0.05, 0.1) is 12.5 Å². The third kappa shape index (κ3) is 5.25. The third-order valence-corrected chi connectivity index (χ3v) is 4.06. The minimum atomic E-state index is -0.740. The van der Waals surface area contributed by atoms with E-state index >= 15 is 0 Å². The topological polar surface area (TPSA) is 84.9 Å². The van der Waals surface area contributed by atoms with E-state index in [1.807, 2.05) is 0 Å². The molecule has 2 rings (SSSR count). The van der Waals surface area contributed by atoms with Crippen LogP contribution >= 0.6 is 0 Å². The molecule has 1 aromatic rings. The fourth-order valence-electron chi connectivity index (χ4n) is 2.72.